The molecule has 2 aromatic heterocycles. The Labute approximate surface area is 173 Å². The van der Waals surface area contributed by atoms with Crippen molar-refractivity contribution in [2.24, 2.45) is 0 Å². The Morgan fingerprint density at radius 2 is 1.73 bits per heavy atom. The number of pyridine rings is 1. The Hall–Kier alpha value is -3.31. The van der Waals surface area contributed by atoms with Crippen LogP contribution in [0.4, 0.5) is 21.8 Å². The zero-order chi connectivity index (χ0) is 21.6. The van der Waals surface area contributed by atoms with E-state index >= 15 is 0 Å². The predicted octanol–water partition coefficient (Wildman–Crippen LogP) is 2.46. The van der Waals surface area contributed by atoms with Crippen LogP contribution in [0, 0.1) is 12.7 Å². The number of sulfonamides is 1. The van der Waals surface area contributed by atoms with Crippen LogP contribution >= 0.6 is 0 Å². The van der Waals surface area contributed by atoms with Crippen LogP contribution in [0.5, 0.6) is 5.75 Å². The second kappa shape index (κ2) is 9.46. The molecule has 30 heavy (non-hydrogen) atoms. The predicted molar refractivity (Wildman–Crippen MR) is 111 cm³/mol. The lowest BCUT2D eigenvalue weighted by molar-refractivity contribution is 0.385. The molecule has 0 saturated carbocycles. The van der Waals surface area contributed by atoms with Gasteiger partial charge in [-0.25, -0.2) is 22.5 Å². The molecule has 3 rings (SSSR count). The molecule has 0 bridgehead atoms. The summed E-state index contributed by atoms with van der Waals surface area (Å²) < 4.78 is 45.4. The van der Waals surface area contributed by atoms with Crippen LogP contribution in [-0.2, 0) is 10.0 Å². The number of anilines is 3. The van der Waals surface area contributed by atoms with E-state index < -0.39 is 15.8 Å². The summed E-state index contributed by atoms with van der Waals surface area (Å²) in [6.07, 6.45) is 1.74. The summed E-state index contributed by atoms with van der Waals surface area (Å²) in [7, 11) is -2.54. The van der Waals surface area contributed by atoms with Crippen LogP contribution in [0.3, 0.4) is 0 Å². The molecule has 158 valence electrons. The SMILES string of the molecule is COc1ccc(S(=O)(=O)NCCNc2ccc(Nc3ccc(C)cn3)nn2)cc1F. The summed E-state index contributed by atoms with van der Waals surface area (Å²) in [5.74, 6) is 0.889. The molecule has 1 aromatic carbocycles. The summed E-state index contributed by atoms with van der Waals surface area (Å²) in [6, 6.07) is 10.6. The lowest BCUT2D eigenvalue weighted by atomic mass is 10.3. The molecule has 0 aliphatic carbocycles. The van der Waals surface area contributed by atoms with Gasteiger partial charge >= 0.3 is 0 Å². The number of hydrogen-bond acceptors (Lipinski definition) is 8. The second-order valence-corrected chi connectivity index (χ2v) is 8.04. The molecule has 0 aliphatic heterocycles. The molecule has 0 spiro atoms. The molecule has 0 amide bonds. The molecule has 2 heterocycles. The molecule has 0 fully saturated rings. The Morgan fingerprint density at radius 1 is 1.00 bits per heavy atom. The third-order valence-electron chi connectivity index (χ3n) is 3.99. The molecule has 9 nitrogen and oxygen atoms in total. The van der Waals surface area contributed by atoms with E-state index in [0.29, 0.717) is 17.5 Å². The fourth-order valence-electron chi connectivity index (χ4n) is 2.44. The number of aromatic nitrogens is 3. The monoisotopic (exact) mass is 432 g/mol. The van der Waals surface area contributed by atoms with E-state index in [1.54, 1.807) is 18.3 Å². The number of nitrogens with zero attached hydrogens (tertiary/aromatic N) is 3. The highest BCUT2D eigenvalue weighted by Gasteiger charge is 2.16. The highest BCUT2D eigenvalue weighted by Crippen LogP contribution is 2.20. The fraction of sp³-hybridized carbons (Fsp3) is 0.211. The van der Waals surface area contributed by atoms with Gasteiger partial charge in [-0.15, -0.1) is 10.2 Å². The highest BCUT2D eigenvalue weighted by molar-refractivity contribution is 7.89. The van der Waals surface area contributed by atoms with Gasteiger partial charge in [0.05, 0.1) is 12.0 Å². The van der Waals surface area contributed by atoms with Crippen molar-refractivity contribution in [1.82, 2.24) is 19.9 Å². The first-order valence-electron chi connectivity index (χ1n) is 8.98. The fourth-order valence-corrected chi connectivity index (χ4v) is 3.48. The van der Waals surface area contributed by atoms with Crippen molar-refractivity contribution in [3.63, 3.8) is 0 Å². The summed E-state index contributed by atoms with van der Waals surface area (Å²) in [6.45, 7) is 2.29. The molecule has 0 aliphatic rings. The van der Waals surface area contributed by atoms with Crippen LogP contribution in [0.2, 0.25) is 0 Å². The van der Waals surface area contributed by atoms with Gasteiger partial charge in [-0.1, -0.05) is 6.07 Å². The number of benzene rings is 1. The number of nitrogens with one attached hydrogen (secondary N) is 3. The minimum absolute atomic E-state index is 0.0229. The Bertz CT molecular complexity index is 1090. The molecule has 0 atom stereocenters. The van der Waals surface area contributed by atoms with Gasteiger partial charge in [-0.3, -0.25) is 0 Å². The first-order chi connectivity index (χ1) is 14.4. The zero-order valence-electron chi connectivity index (χ0n) is 16.4. The first kappa shape index (κ1) is 21.4. The largest absolute Gasteiger partial charge is 0.494 e. The van der Waals surface area contributed by atoms with E-state index in [4.69, 9.17) is 4.74 Å². The standard InChI is InChI=1S/C19H21FN6O3S/c1-13-3-6-17(22-12-13)24-19-8-7-18(25-26-19)21-9-10-23-30(27,28)14-4-5-16(29-2)15(20)11-14/h3-8,11-12,23H,9-10H2,1-2H3,(H,21,25)(H,22,24,26). The van der Waals surface area contributed by atoms with Gasteiger partial charge in [0.25, 0.3) is 0 Å². The van der Waals surface area contributed by atoms with Crippen molar-refractivity contribution in [3.8, 4) is 5.75 Å². The van der Waals surface area contributed by atoms with E-state index in [1.165, 1.54) is 19.2 Å². The van der Waals surface area contributed by atoms with Gasteiger partial charge in [0.1, 0.15) is 11.6 Å². The Kier molecular flexibility index (Phi) is 6.75. The van der Waals surface area contributed by atoms with Crippen LogP contribution in [0.1, 0.15) is 5.56 Å². The van der Waals surface area contributed by atoms with Gasteiger partial charge in [0.2, 0.25) is 10.0 Å². The van der Waals surface area contributed by atoms with Crippen LogP contribution in [-0.4, -0.2) is 43.8 Å². The van der Waals surface area contributed by atoms with Crippen LogP contribution in [0.25, 0.3) is 0 Å². The molecule has 0 saturated heterocycles. The third-order valence-corrected chi connectivity index (χ3v) is 5.45. The lowest BCUT2D eigenvalue weighted by Crippen LogP contribution is -2.29. The van der Waals surface area contributed by atoms with Gasteiger partial charge in [0.15, 0.2) is 17.4 Å². The van der Waals surface area contributed by atoms with Gasteiger partial charge < -0.3 is 15.4 Å². The summed E-state index contributed by atoms with van der Waals surface area (Å²) in [5.41, 5.74) is 1.05. The summed E-state index contributed by atoms with van der Waals surface area (Å²) in [4.78, 5) is 4.05. The normalized spacial score (nSPS) is 11.2. The van der Waals surface area contributed by atoms with Gasteiger partial charge in [-0.2, -0.15) is 0 Å². The third kappa shape index (κ3) is 5.61. The van der Waals surface area contributed by atoms with Crippen LogP contribution in [0.15, 0.2) is 53.6 Å². The first-order valence-corrected chi connectivity index (χ1v) is 10.5. The van der Waals surface area contributed by atoms with E-state index in [-0.39, 0.29) is 23.7 Å². The van der Waals surface area contributed by atoms with Crippen molar-refractivity contribution >= 4 is 27.5 Å². The lowest BCUT2D eigenvalue weighted by Gasteiger charge is -2.10. The molecular weight excluding hydrogens is 411 g/mol. The average molecular weight is 432 g/mol. The van der Waals surface area contributed by atoms with Crippen molar-refractivity contribution in [1.29, 1.82) is 0 Å². The zero-order valence-corrected chi connectivity index (χ0v) is 17.2. The molecule has 0 radical (unpaired) electrons. The number of halogens is 1. The number of ether oxygens (including phenoxy) is 1. The quantitative estimate of drug-likeness (QED) is 0.441. The maximum atomic E-state index is 13.7. The number of aryl methyl sites for hydroxylation is 1. The van der Waals surface area contributed by atoms with E-state index in [9.17, 15) is 12.8 Å². The minimum Gasteiger partial charge on any atom is -0.494 e. The van der Waals surface area contributed by atoms with Crippen molar-refractivity contribution in [2.45, 2.75) is 11.8 Å². The minimum atomic E-state index is -3.85. The van der Waals surface area contributed by atoms with Crippen molar-refractivity contribution < 1.29 is 17.5 Å². The topological polar surface area (TPSA) is 118 Å². The van der Waals surface area contributed by atoms with E-state index in [2.05, 4.69) is 30.5 Å². The van der Waals surface area contributed by atoms with Crippen molar-refractivity contribution in [2.75, 3.05) is 30.8 Å². The number of hydrogen-bond donors (Lipinski definition) is 3. The Morgan fingerprint density at radius 3 is 2.37 bits per heavy atom. The summed E-state index contributed by atoms with van der Waals surface area (Å²) in [5, 5.41) is 14.1. The Balaban J connectivity index is 1.49. The van der Waals surface area contributed by atoms with Crippen molar-refractivity contribution in [3.05, 3.63) is 60.0 Å². The van der Waals surface area contributed by atoms with Crippen LogP contribution < -0.4 is 20.1 Å². The van der Waals surface area contributed by atoms with E-state index in [0.717, 1.165) is 11.6 Å². The molecular formula is C19H21FN6O3S. The maximum Gasteiger partial charge on any atom is 0.240 e. The smallest absolute Gasteiger partial charge is 0.240 e. The molecule has 0 unspecified atom stereocenters. The molecule has 3 N–H and O–H groups in total. The summed E-state index contributed by atoms with van der Waals surface area (Å²) >= 11 is 0. The second-order valence-electron chi connectivity index (χ2n) is 6.27. The van der Waals surface area contributed by atoms with Gasteiger partial charge in [-0.05, 0) is 48.9 Å². The maximum absolute atomic E-state index is 13.7. The van der Waals surface area contributed by atoms with Gasteiger partial charge in [0, 0.05) is 19.3 Å². The number of methoxy groups -OCH3 is 1. The highest BCUT2D eigenvalue weighted by atomic mass is 32.2. The molecule has 11 heteroatoms. The molecule has 3 aromatic rings. The average Bonchev–Trinajstić information content (AvgIpc) is 2.74. The number of rotatable bonds is 9. The van der Waals surface area contributed by atoms with E-state index in [1.807, 2.05) is 19.1 Å².